The molecule has 5 fully saturated rings. The van der Waals surface area contributed by atoms with Crippen LogP contribution < -0.4 is 5.32 Å². The molecule has 0 aromatic heterocycles. The molecule has 0 amide bonds. The van der Waals surface area contributed by atoms with Crippen molar-refractivity contribution in [1.82, 2.24) is 5.32 Å². The Labute approximate surface area is 116 Å². The van der Waals surface area contributed by atoms with Gasteiger partial charge in [-0.3, -0.25) is 0 Å². The van der Waals surface area contributed by atoms with Crippen LogP contribution in [0.4, 0.5) is 0 Å². The molecule has 5 rings (SSSR count). The summed E-state index contributed by atoms with van der Waals surface area (Å²) in [6.07, 6.45) is 11.0. The molecule has 0 aromatic rings. The van der Waals surface area contributed by atoms with Gasteiger partial charge in [0.2, 0.25) is 0 Å². The lowest BCUT2D eigenvalue weighted by atomic mass is 9.48. The van der Waals surface area contributed by atoms with Crippen molar-refractivity contribution in [2.45, 2.75) is 63.2 Å². The van der Waals surface area contributed by atoms with E-state index in [9.17, 15) is 0 Å². The number of rotatable bonds is 2. The summed E-state index contributed by atoms with van der Waals surface area (Å²) in [4.78, 5) is 0. The molecule has 1 N–H and O–H groups in total. The first-order chi connectivity index (χ1) is 8.72. The van der Waals surface area contributed by atoms with Gasteiger partial charge in [0.05, 0.1) is 0 Å². The number of nitrogens with one attached hydrogen (secondary N) is 1. The predicted octanol–water partition coefficient (Wildman–Crippen LogP) is 3.69. The van der Waals surface area contributed by atoms with Crippen LogP contribution in [-0.4, -0.2) is 23.6 Å². The van der Waals surface area contributed by atoms with E-state index < -0.39 is 0 Å². The van der Waals surface area contributed by atoms with Crippen molar-refractivity contribution in [2.75, 3.05) is 12.3 Å². The van der Waals surface area contributed by atoms with Gasteiger partial charge in [0.1, 0.15) is 0 Å². The van der Waals surface area contributed by atoms with Crippen LogP contribution in [0.1, 0.15) is 51.9 Å². The van der Waals surface area contributed by atoms with Gasteiger partial charge in [-0.15, -0.1) is 0 Å². The van der Waals surface area contributed by atoms with E-state index in [4.69, 9.17) is 0 Å². The van der Waals surface area contributed by atoms with Gasteiger partial charge in [-0.1, -0.05) is 0 Å². The number of hydrogen-bond acceptors (Lipinski definition) is 2. The molecule has 18 heavy (non-hydrogen) atoms. The highest BCUT2D eigenvalue weighted by molar-refractivity contribution is 8.00. The second-order valence-corrected chi connectivity index (χ2v) is 9.12. The minimum atomic E-state index is 0.747. The zero-order chi connectivity index (χ0) is 12.2. The molecule has 0 aromatic carbocycles. The Hall–Kier alpha value is 0.310. The second-order valence-electron chi connectivity index (χ2n) is 7.77. The second kappa shape index (κ2) is 4.41. The van der Waals surface area contributed by atoms with Crippen LogP contribution in [0.3, 0.4) is 0 Å². The number of thioether (sulfide) groups is 1. The van der Waals surface area contributed by atoms with Crippen LogP contribution in [0.2, 0.25) is 0 Å². The Balaban J connectivity index is 1.50. The molecule has 0 radical (unpaired) electrons. The standard InChI is InChI=1S/C16H27NS/c1-11-15(18-3-2-17-11)10-16-7-12-4-13(8-16)6-14(5-12)9-16/h11-15,17H,2-10H2,1H3. The average molecular weight is 265 g/mol. The van der Waals surface area contributed by atoms with Gasteiger partial charge in [-0.05, 0) is 75.0 Å². The third kappa shape index (κ3) is 2.04. The maximum absolute atomic E-state index is 3.69. The first-order valence-electron chi connectivity index (χ1n) is 8.07. The molecule has 4 aliphatic carbocycles. The zero-order valence-corrected chi connectivity index (χ0v) is 12.5. The summed E-state index contributed by atoms with van der Waals surface area (Å²) in [5, 5.41) is 4.59. The molecule has 1 saturated heterocycles. The molecule has 1 heterocycles. The zero-order valence-electron chi connectivity index (χ0n) is 11.7. The summed E-state index contributed by atoms with van der Waals surface area (Å²) in [7, 11) is 0. The minimum Gasteiger partial charge on any atom is -0.312 e. The van der Waals surface area contributed by atoms with Crippen LogP contribution in [0, 0.1) is 23.2 Å². The molecule has 4 bridgehead atoms. The molecule has 1 nitrogen and oxygen atoms in total. The maximum Gasteiger partial charge on any atom is 0.0204 e. The van der Waals surface area contributed by atoms with Gasteiger partial charge >= 0.3 is 0 Å². The van der Waals surface area contributed by atoms with Crippen molar-refractivity contribution in [3.8, 4) is 0 Å². The highest BCUT2D eigenvalue weighted by Crippen LogP contribution is 2.62. The summed E-state index contributed by atoms with van der Waals surface area (Å²) in [6.45, 7) is 3.64. The lowest BCUT2D eigenvalue weighted by molar-refractivity contribution is -0.0581. The molecule has 5 aliphatic rings. The van der Waals surface area contributed by atoms with Gasteiger partial charge in [-0.2, -0.15) is 11.8 Å². The summed E-state index contributed by atoms with van der Waals surface area (Å²) >= 11 is 2.26. The largest absolute Gasteiger partial charge is 0.312 e. The van der Waals surface area contributed by atoms with Crippen molar-refractivity contribution in [3.05, 3.63) is 0 Å². The van der Waals surface area contributed by atoms with Gasteiger partial charge < -0.3 is 5.32 Å². The van der Waals surface area contributed by atoms with E-state index in [0.29, 0.717) is 0 Å². The fourth-order valence-electron chi connectivity index (χ4n) is 5.98. The van der Waals surface area contributed by atoms with Crippen molar-refractivity contribution in [2.24, 2.45) is 23.2 Å². The van der Waals surface area contributed by atoms with E-state index in [2.05, 4.69) is 24.0 Å². The third-order valence-corrected chi connectivity index (χ3v) is 7.70. The van der Waals surface area contributed by atoms with Crippen LogP contribution >= 0.6 is 11.8 Å². The van der Waals surface area contributed by atoms with E-state index in [1.807, 2.05) is 0 Å². The normalized spacial score (nSPS) is 54.8. The fourth-order valence-corrected chi connectivity index (χ4v) is 7.37. The Bertz CT molecular complexity index is 292. The Morgan fingerprint density at radius 3 is 2.22 bits per heavy atom. The van der Waals surface area contributed by atoms with Crippen LogP contribution in [0.15, 0.2) is 0 Å². The van der Waals surface area contributed by atoms with Crippen molar-refractivity contribution >= 4 is 11.8 Å². The van der Waals surface area contributed by atoms with Crippen LogP contribution in [0.5, 0.6) is 0 Å². The first kappa shape index (κ1) is 12.1. The molecule has 2 unspecified atom stereocenters. The van der Waals surface area contributed by atoms with Crippen molar-refractivity contribution < 1.29 is 0 Å². The molecule has 4 saturated carbocycles. The lowest BCUT2D eigenvalue weighted by Gasteiger charge is -2.58. The minimum absolute atomic E-state index is 0.747. The highest BCUT2D eigenvalue weighted by Gasteiger charge is 2.51. The van der Waals surface area contributed by atoms with E-state index >= 15 is 0 Å². The molecule has 2 heteroatoms. The van der Waals surface area contributed by atoms with E-state index in [-0.39, 0.29) is 0 Å². The van der Waals surface area contributed by atoms with Gasteiger partial charge in [0, 0.05) is 23.6 Å². The maximum atomic E-state index is 3.69. The lowest BCUT2D eigenvalue weighted by Crippen LogP contribution is -2.50. The molecule has 0 spiro atoms. The van der Waals surface area contributed by atoms with Gasteiger partial charge in [0.25, 0.3) is 0 Å². The van der Waals surface area contributed by atoms with E-state index in [1.54, 1.807) is 38.5 Å². The number of hydrogen-bond donors (Lipinski definition) is 1. The molecular formula is C16H27NS. The molecular weight excluding hydrogens is 238 g/mol. The first-order valence-corrected chi connectivity index (χ1v) is 9.12. The Kier molecular flexibility index (Phi) is 2.96. The monoisotopic (exact) mass is 265 g/mol. The molecule has 102 valence electrons. The van der Waals surface area contributed by atoms with Gasteiger partial charge in [-0.25, -0.2) is 0 Å². The van der Waals surface area contributed by atoms with E-state index in [0.717, 1.165) is 34.5 Å². The summed E-state index contributed by atoms with van der Waals surface area (Å²) < 4.78 is 0. The van der Waals surface area contributed by atoms with Crippen molar-refractivity contribution in [3.63, 3.8) is 0 Å². The third-order valence-electron chi connectivity index (χ3n) is 6.26. The summed E-state index contributed by atoms with van der Waals surface area (Å²) in [5.41, 5.74) is 0.777. The van der Waals surface area contributed by atoms with Crippen LogP contribution in [-0.2, 0) is 0 Å². The average Bonchev–Trinajstić information content (AvgIpc) is 2.30. The summed E-state index contributed by atoms with van der Waals surface area (Å²) in [6, 6.07) is 0.747. The molecule has 1 aliphatic heterocycles. The van der Waals surface area contributed by atoms with Crippen molar-refractivity contribution in [1.29, 1.82) is 0 Å². The predicted molar refractivity (Wildman–Crippen MR) is 78.9 cm³/mol. The Morgan fingerprint density at radius 2 is 1.67 bits per heavy atom. The van der Waals surface area contributed by atoms with Gasteiger partial charge in [0.15, 0.2) is 0 Å². The SMILES string of the molecule is CC1NCCSC1CC12CC3CC(CC(C3)C1)C2. The summed E-state index contributed by atoms with van der Waals surface area (Å²) in [5.74, 6) is 4.69. The smallest absolute Gasteiger partial charge is 0.0204 e. The van der Waals surface area contributed by atoms with Crippen LogP contribution in [0.25, 0.3) is 0 Å². The quantitative estimate of drug-likeness (QED) is 0.817. The topological polar surface area (TPSA) is 12.0 Å². The van der Waals surface area contributed by atoms with E-state index in [1.165, 1.54) is 18.7 Å². The fraction of sp³-hybridized carbons (Fsp3) is 1.00. The Morgan fingerprint density at radius 1 is 1.06 bits per heavy atom. The highest BCUT2D eigenvalue weighted by atomic mass is 32.2. The molecule has 2 atom stereocenters.